The molecule has 6 unspecified atom stereocenters. The van der Waals surface area contributed by atoms with Crippen molar-refractivity contribution in [2.24, 2.45) is 52.2 Å². The van der Waals surface area contributed by atoms with Gasteiger partial charge in [0.1, 0.15) is 17.3 Å². The van der Waals surface area contributed by atoms with Gasteiger partial charge in [0.15, 0.2) is 0 Å². The number of aryl methyl sites for hydroxylation is 4. The van der Waals surface area contributed by atoms with E-state index < -0.39 is 0 Å². The molecule has 3 aromatic heterocycles. The molecule has 0 fully saturated rings. The molecule has 4 heterocycles. The van der Waals surface area contributed by atoms with Gasteiger partial charge >= 0.3 is 0 Å². The van der Waals surface area contributed by atoms with E-state index in [4.69, 9.17) is 10.7 Å². The van der Waals surface area contributed by atoms with Crippen LogP contribution >= 0.6 is 0 Å². The maximum absolute atomic E-state index is 11.6. The molecule has 3 N–H and O–H groups in total. The summed E-state index contributed by atoms with van der Waals surface area (Å²) in [4.78, 5) is 32.3. The van der Waals surface area contributed by atoms with Crippen LogP contribution in [0, 0.1) is 69.1 Å². The first-order valence-electron chi connectivity index (χ1n) is 26.8. The van der Waals surface area contributed by atoms with Crippen molar-refractivity contribution >= 4 is 34.8 Å². The second-order valence-electron chi connectivity index (χ2n) is 22.7. The van der Waals surface area contributed by atoms with Crippen molar-refractivity contribution in [2.75, 3.05) is 0 Å². The van der Waals surface area contributed by atoms with Crippen molar-refractivity contribution < 1.29 is 0 Å². The third-order valence-electron chi connectivity index (χ3n) is 15.2. The lowest BCUT2D eigenvalue weighted by Gasteiger charge is -2.24. The fourth-order valence-electron chi connectivity index (χ4n) is 11.3. The van der Waals surface area contributed by atoms with E-state index in [1.54, 1.807) is 16.7 Å². The summed E-state index contributed by atoms with van der Waals surface area (Å²) in [6.07, 6.45) is 27.8. The van der Waals surface area contributed by atoms with Crippen LogP contribution in [0.15, 0.2) is 123 Å². The molecule has 0 saturated carbocycles. The van der Waals surface area contributed by atoms with Crippen molar-refractivity contribution in [1.29, 1.82) is 0 Å². The topological polar surface area (TPSA) is 114 Å². The average molecular weight is 966 g/mol. The monoisotopic (exact) mass is 966 g/mol. The van der Waals surface area contributed by atoms with Crippen LogP contribution in [0.25, 0.3) is 28.6 Å². The number of fused-ring (bicyclic) bond motifs is 5. The summed E-state index contributed by atoms with van der Waals surface area (Å²) in [7, 11) is 0. The predicted molar refractivity (Wildman–Crippen MR) is 306 cm³/mol. The first-order chi connectivity index (χ1) is 34.2. The van der Waals surface area contributed by atoms with Crippen molar-refractivity contribution in [1.82, 2.24) is 24.3 Å². The summed E-state index contributed by atoms with van der Waals surface area (Å²) in [6.45, 7) is 35.2. The molecule has 0 spiro atoms. The fraction of sp³-hybridized carbons (Fsp3) is 0.453. The summed E-state index contributed by atoms with van der Waals surface area (Å²) in [6, 6.07) is 11.4. The van der Waals surface area contributed by atoms with Crippen molar-refractivity contribution in [3.63, 3.8) is 0 Å². The normalized spacial score (nSPS) is 21.9. The number of aromatic amines is 1. The van der Waals surface area contributed by atoms with Crippen LogP contribution in [0.3, 0.4) is 0 Å². The van der Waals surface area contributed by atoms with Crippen molar-refractivity contribution in [3.8, 4) is 0 Å². The molecule has 0 saturated heterocycles. The van der Waals surface area contributed by atoms with E-state index in [1.807, 2.05) is 42.9 Å². The van der Waals surface area contributed by atoms with E-state index >= 15 is 0 Å². The highest BCUT2D eigenvalue weighted by molar-refractivity contribution is 5.89. The molecule has 0 amide bonds. The standard InChI is InChI=1S/C15H18.C14H20.C13H15N3.C11H14N2O.C11H16N2/c1-10(2)13-6-5-7-14-12(4)8-11(3)9-15(13)14;1-9(2)12-5-6-13-11(4)7-10(3)8-14(12)13;1-8(2)10-4-5-11-12(10)15-9(3)16-7-6-14-13(11)16;1-6(2)8-4-5-9-10(8)12-7(3)13-11(9)14;1-7(2)8-3-4-9-10(12)5-6-13-11(8)9/h5-10H,1-4H3;5-6,8-9,11-12H,7H2,1-4H3;4-8,10H,1-3H3;4-6,8H,1-3H3,(H,12,13,14);3-4,6-8,10H,5,12H2,1-2H3. The molecule has 8 nitrogen and oxygen atoms in total. The Kier molecular flexibility index (Phi) is 17.1. The fourth-order valence-corrected chi connectivity index (χ4v) is 11.3. The molecule has 6 aliphatic rings. The number of allylic oxidation sites excluding steroid dienone is 9. The van der Waals surface area contributed by atoms with Gasteiger partial charge in [0.05, 0.1) is 22.6 Å². The highest BCUT2D eigenvalue weighted by Crippen LogP contribution is 2.41. The Morgan fingerprint density at radius 1 is 0.694 bits per heavy atom. The number of imidazole rings is 1. The van der Waals surface area contributed by atoms with E-state index in [-0.39, 0.29) is 11.6 Å². The second-order valence-corrected chi connectivity index (χ2v) is 22.7. The summed E-state index contributed by atoms with van der Waals surface area (Å²) in [5, 5.41) is 2.82. The Labute approximate surface area is 431 Å². The molecular formula is C64H83N7O. The van der Waals surface area contributed by atoms with Gasteiger partial charge in [0, 0.05) is 60.3 Å². The SMILES string of the molecule is CC(C)C1C=CC2=C1N=CCC2N.CC1=CC2=C(C=CC2C(C)C)C(C)C1.Cc1cc(C)c2cccc(C(C)C)c2c1.Cc1nc2c(c(=O)[nH]1)C=CC2C(C)C.Cc1nc2c(c3nccn13)C=CC2C(C)C. The van der Waals surface area contributed by atoms with Gasteiger partial charge in [0.25, 0.3) is 5.56 Å². The maximum atomic E-state index is 11.6. The van der Waals surface area contributed by atoms with Crippen molar-refractivity contribution in [3.05, 3.63) is 174 Å². The highest BCUT2D eigenvalue weighted by atomic mass is 16.1. The largest absolute Gasteiger partial charge is 0.324 e. The lowest BCUT2D eigenvalue weighted by Crippen LogP contribution is -2.25. The number of nitrogens with zero attached hydrogens (tertiary/aromatic N) is 5. The van der Waals surface area contributed by atoms with Gasteiger partial charge in [-0.2, -0.15) is 0 Å². The van der Waals surface area contributed by atoms with Crippen LogP contribution in [0.4, 0.5) is 0 Å². The summed E-state index contributed by atoms with van der Waals surface area (Å²) >= 11 is 0. The van der Waals surface area contributed by atoms with Gasteiger partial charge in [-0.25, -0.2) is 15.0 Å². The Bertz CT molecular complexity index is 3100. The molecule has 0 radical (unpaired) electrons. The number of hydrogen-bond donors (Lipinski definition) is 2. The number of aliphatic imine (C=N–C) groups is 1. The third-order valence-corrected chi connectivity index (χ3v) is 15.2. The molecule has 72 heavy (non-hydrogen) atoms. The lowest BCUT2D eigenvalue weighted by atomic mass is 9.81. The number of benzene rings is 2. The number of hydrogen-bond acceptors (Lipinski definition) is 6. The Hall–Kier alpha value is -5.99. The van der Waals surface area contributed by atoms with E-state index in [9.17, 15) is 4.79 Å². The van der Waals surface area contributed by atoms with Gasteiger partial charge < -0.3 is 10.7 Å². The quantitative estimate of drug-likeness (QED) is 0.182. The Morgan fingerprint density at radius 3 is 1.96 bits per heavy atom. The Morgan fingerprint density at radius 2 is 1.31 bits per heavy atom. The summed E-state index contributed by atoms with van der Waals surface area (Å²) < 4.78 is 2.05. The Balaban J connectivity index is 0.000000132. The number of aromatic nitrogens is 5. The molecule has 5 aromatic rings. The average Bonchev–Trinajstić information content (AvgIpc) is 4.16. The van der Waals surface area contributed by atoms with Gasteiger partial charge in [0.2, 0.25) is 0 Å². The van der Waals surface area contributed by atoms with E-state index in [0.717, 1.165) is 41.0 Å². The molecule has 11 rings (SSSR count). The number of rotatable bonds is 5. The number of nitrogens with two attached hydrogens (primary N) is 1. The van der Waals surface area contributed by atoms with Crippen LogP contribution in [-0.4, -0.2) is 36.6 Å². The van der Waals surface area contributed by atoms with E-state index in [2.05, 4.69) is 196 Å². The minimum Gasteiger partial charge on any atom is -0.324 e. The molecule has 2 aromatic carbocycles. The highest BCUT2D eigenvalue weighted by Gasteiger charge is 2.29. The van der Waals surface area contributed by atoms with Crippen LogP contribution in [0.5, 0.6) is 0 Å². The minimum absolute atomic E-state index is 0.0214. The van der Waals surface area contributed by atoms with Gasteiger partial charge in [-0.15, -0.1) is 0 Å². The van der Waals surface area contributed by atoms with Crippen LogP contribution in [0.1, 0.15) is 165 Å². The van der Waals surface area contributed by atoms with E-state index in [1.165, 1.54) is 56.4 Å². The minimum atomic E-state index is -0.0214. The third kappa shape index (κ3) is 11.6. The zero-order chi connectivity index (χ0) is 52.3. The van der Waals surface area contributed by atoms with E-state index in [0.29, 0.717) is 53.2 Å². The molecular weight excluding hydrogens is 883 g/mol. The molecule has 0 bridgehead atoms. The van der Waals surface area contributed by atoms with Gasteiger partial charge in [-0.05, 0) is 115 Å². The number of nitrogens with one attached hydrogen (secondary N) is 1. The summed E-state index contributed by atoms with van der Waals surface area (Å²) in [5.41, 5.74) is 22.4. The van der Waals surface area contributed by atoms with Gasteiger partial charge in [-0.3, -0.25) is 14.2 Å². The van der Waals surface area contributed by atoms with Crippen LogP contribution in [-0.2, 0) is 0 Å². The maximum Gasteiger partial charge on any atom is 0.258 e. The van der Waals surface area contributed by atoms with Crippen LogP contribution in [0.2, 0.25) is 0 Å². The van der Waals surface area contributed by atoms with Crippen molar-refractivity contribution in [2.45, 2.75) is 147 Å². The molecule has 1 aliphatic heterocycles. The number of H-pyrrole nitrogens is 1. The molecule has 6 atom stereocenters. The molecule has 380 valence electrons. The first-order valence-corrected chi connectivity index (χ1v) is 26.8. The zero-order valence-electron chi connectivity index (χ0n) is 46.3. The predicted octanol–water partition coefficient (Wildman–Crippen LogP) is 15.2. The smallest absolute Gasteiger partial charge is 0.258 e. The molecule has 8 heteroatoms. The molecule has 5 aliphatic carbocycles. The first kappa shape index (κ1) is 53.8. The zero-order valence-corrected chi connectivity index (χ0v) is 46.3. The van der Waals surface area contributed by atoms with Gasteiger partial charge in [-0.1, -0.05) is 172 Å². The van der Waals surface area contributed by atoms with Crippen LogP contribution < -0.4 is 11.3 Å². The second kappa shape index (κ2) is 22.8. The lowest BCUT2D eigenvalue weighted by molar-refractivity contribution is 0.523. The summed E-state index contributed by atoms with van der Waals surface area (Å²) in [5.74, 6) is 7.35.